The van der Waals surface area contributed by atoms with Gasteiger partial charge >= 0.3 is 0 Å². The highest BCUT2D eigenvalue weighted by atomic mass is 35.5. The lowest BCUT2D eigenvalue weighted by molar-refractivity contribution is -0.123. The molecule has 6 nitrogen and oxygen atoms in total. The SMILES string of the molecule is Cl.Cl.NC(=O)C1CCCN(Cc2ccc(NC(=O)C3CCNC3)cc2)C1. The number of anilines is 1. The highest BCUT2D eigenvalue weighted by Gasteiger charge is 2.24. The van der Waals surface area contributed by atoms with Crippen LogP contribution in [-0.4, -0.2) is 42.9 Å². The Bertz CT molecular complexity index is 591. The van der Waals surface area contributed by atoms with Crippen LogP contribution in [-0.2, 0) is 16.1 Å². The third-order valence-electron chi connectivity index (χ3n) is 4.97. The molecule has 146 valence electrons. The fourth-order valence-corrected chi connectivity index (χ4v) is 3.51. The van der Waals surface area contributed by atoms with Gasteiger partial charge in [-0.2, -0.15) is 0 Å². The summed E-state index contributed by atoms with van der Waals surface area (Å²) in [5, 5.41) is 6.19. The van der Waals surface area contributed by atoms with Crippen LogP contribution in [0.5, 0.6) is 0 Å². The number of piperidine rings is 1. The molecule has 2 fully saturated rings. The molecule has 2 unspecified atom stereocenters. The first-order valence-corrected chi connectivity index (χ1v) is 8.74. The van der Waals surface area contributed by atoms with Crippen LogP contribution >= 0.6 is 24.8 Å². The first kappa shape index (κ1) is 22.7. The molecule has 0 saturated carbocycles. The predicted octanol–water partition coefficient (Wildman–Crippen LogP) is 1.78. The van der Waals surface area contributed by atoms with Gasteiger partial charge in [-0.15, -0.1) is 24.8 Å². The molecule has 0 aliphatic carbocycles. The second-order valence-electron chi connectivity index (χ2n) is 6.85. The summed E-state index contributed by atoms with van der Waals surface area (Å²) in [7, 11) is 0. The smallest absolute Gasteiger partial charge is 0.228 e. The minimum atomic E-state index is -0.195. The minimum Gasteiger partial charge on any atom is -0.369 e. The molecule has 2 aliphatic heterocycles. The third kappa shape index (κ3) is 6.13. The average Bonchev–Trinajstić information content (AvgIpc) is 3.11. The van der Waals surface area contributed by atoms with Crippen molar-refractivity contribution in [2.45, 2.75) is 25.8 Å². The Labute approximate surface area is 167 Å². The Kier molecular flexibility index (Phi) is 9.36. The van der Waals surface area contributed by atoms with Gasteiger partial charge in [0, 0.05) is 25.3 Å². The van der Waals surface area contributed by atoms with E-state index in [-0.39, 0.29) is 48.5 Å². The van der Waals surface area contributed by atoms with Crippen molar-refractivity contribution in [2.24, 2.45) is 17.6 Å². The Morgan fingerprint density at radius 3 is 2.50 bits per heavy atom. The fourth-order valence-electron chi connectivity index (χ4n) is 3.51. The van der Waals surface area contributed by atoms with E-state index in [9.17, 15) is 9.59 Å². The molecule has 0 spiro atoms. The van der Waals surface area contributed by atoms with Crippen molar-refractivity contribution in [3.05, 3.63) is 29.8 Å². The summed E-state index contributed by atoms with van der Waals surface area (Å²) in [5.41, 5.74) is 7.45. The number of hydrogen-bond acceptors (Lipinski definition) is 4. The lowest BCUT2D eigenvalue weighted by Crippen LogP contribution is -2.40. The van der Waals surface area contributed by atoms with Crippen LogP contribution < -0.4 is 16.4 Å². The summed E-state index contributed by atoms with van der Waals surface area (Å²) in [5.74, 6) is -0.0617. The summed E-state index contributed by atoms with van der Waals surface area (Å²) in [6.45, 7) is 4.23. The van der Waals surface area contributed by atoms with Gasteiger partial charge in [0.2, 0.25) is 11.8 Å². The molecule has 4 N–H and O–H groups in total. The zero-order valence-electron chi connectivity index (χ0n) is 14.8. The van der Waals surface area contributed by atoms with E-state index in [2.05, 4.69) is 15.5 Å². The number of nitrogens with one attached hydrogen (secondary N) is 2. The van der Waals surface area contributed by atoms with Gasteiger partial charge in [0.25, 0.3) is 0 Å². The Hall–Kier alpha value is -1.34. The normalized spacial score (nSPS) is 22.8. The van der Waals surface area contributed by atoms with Crippen LogP contribution in [0.4, 0.5) is 5.69 Å². The van der Waals surface area contributed by atoms with Crippen molar-refractivity contribution in [3.63, 3.8) is 0 Å². The van der Waals surface area contributed by atoms with Gasteiger partial charge in [-0.05, 0) is 50.0 Å². The van der Waals surface area contributed by atoms with Gasteiger partial charge in [-0.3, -0.25) is 14.5 Å². The molecule has 2 atom stereocenters. The fraction of sp³-hybridized carbons (Fsp3) is 0.556. The highest BCUT2D eigenvalue weighted by Crippen LogP contribution is 2.19. The van der Waals surface area contributed by atoms with Crippen molar-refractivity contribution in [1.29, 1.82) is 0 Å². The second-order valence-corrected chi connectivity index (χ2v) is 6.85. The van der Waals surface area contributed by atoms with Gasteiger partial charge in [-0.25, -0.2) is 0 Å². The van der Waals surface area contributed by atoms with Gasteiger partial charge in [0.05, 0.1) is 11.8 Å². The number of nitrogens with two attached hydrogens (primary N) is 1. The third-order valence-corrected chi connectivity index (χ3v) is 4.97. The molecule has 0 radical (unpaired) electrons. The van der Waals surface area contributed by atoms with Crippen LogP contribution in [0.2, 0.25) is 0 Å². The van der Waals surface area contributed by atoms with E-state index in [4.69, 9.17) is 5.73 Å². The number of primary amides is 1. The summed E-state index contributed by atoms with van der Waals surface area (Å²) < 4.78 is 0. The molecular weight excluding hydrogens is 375 g/mol. The zero-order valence-corrected chi connectivity index (χ0v) is 16.4. The number of amides is 2. The number of halogens is 2. The summed E-state index contributed by atoms with van der Waals surface area (Å²) in [6.07, 6.45) is 2.81. The van der Waals surface area contributed by atoms with E-state index in [1.165, 1.54) is 5.56 Å². The maximum absolute atomic E-state index is 12.1. The Morgan fingerprint density at radius 1 is 1.15 bits per heavy atom. The molecular formula is C18H28Cl2N4O2. The van der Waals surface area contributed by atoms with Crippen molar-refractivity contribution < 1.29 is 9.59 Å². The van der Waals surface area contributed by atoms with Crippen molar-refractivity contribution in [2.75, 3.05) is 31.5 Å². The minimum absolute atomic E-state index is 0. The second kappa shape index (κ2) is 10.7. The summed E-state index contributed by atoms with van der Waals surface area (Å²) in [6, 6.07) is 7.98. The molecule has 2 aliphatic rings. The molecule has 1 aromatic rings. The zero-order chi connectivity index (χ0) is 16.9. The Morgan fingerprint density at radius 2 is 1.88 bits per heavy atom. The van der Waals surface area contributed by atoms with E-state index < -0.39 is 0 Å². The molecule has 1 aromatic carbocycles. The topological polar surface area (TPSA) is 87.5 Å². The number of nitrogens with zero attached hydrogens (tertiary/aromatic N) is 1. The van der Waals surface area contributed by atoms with Gasteiger partial charge in [-0.1, -0.05) is 12.1 Å². The lowest BCUT2D eigenvalue weighted by Gasteiger charge is -2.31. The lowest BCUT2D eigenvalue weighted by atomic mass is 9.97. The first-order chi connectivity index (χ1) is 11.6. The van der Waals surface area contributed by atoms with Crippen LogP contribution in [0.25, 0.3) is 0 Å². The monoisotopic (exact) mass is 402 g/mol. The maximum Gasteiger partial charge on any atom is 0.228 e. The van der Waals surface area contributed by atoms with E-state index in [0.717, 1.165) is 57.7 Å². The molecule has 2 saturated heterocycles. The Balaban J connectivity index is 0.00000169. The number of benzene rings is 1. The number of hydrogen-bond donors (Lipinski definition) is 3. The first-order valence-electron chi connectivity index (χ1n) is 8.74. The van der Waals surface area contributed by atoms with Gasteiger partial charge in [0.15, 0.2) is 0 Å². The van der Waals surface area contributed by atoms with Crippen LogP contribution in [0.3, 0.4) is 0 Å². The quantitative estimate of drug-likeness (QED) is 0.700. The molecule has 2 amide bonds. The average molecular weight is 403 g/mol. The van der Waals surface area contributed by atoms with Crippen LogP contribution in [0, 0.1) is 11.8 Å². The van der Waals surface area contributed by atoms with E-state index in [0.29, 0.717) is 0 Å². The predicted molar refractivity (Wildman–Crippen MR) is 108 cm³/mol. The van der Waals surface area contributed by atoms with E-state index in [1.807, 2.05) is 24.3 Å². The van der Waals surface area contributed by atoms with Crippen molar-refractivity contribution in [3.8, 4) is 0 Å². The van der Waals surface area contributed by atoms with E-state index >= 15 is 0 Å². The van der Waals surface area contributed by atoms with Crippen molar-refractivity contribution >= 4 is 42.3 Å². The summed E-state index contributed by atoms with van der Waals surface area (Å²) in [4.78, 5) is 25.7. The molecule has 3 rings (SSSR count). The highest BCUT2D eigenvalue weighted by molar-refractivity contribution is 5.92. The largest absolute Gasteiger partial charge is 0.369 e. The molecule has 0 bridgehead atoms. The number of carbonyl (C=O) groups is 2. The van der Waals surface area contributed by atoms with Crippen LogP contribution in [0.1, 0.15) is 24.8 Å². The van der Waals surface area contributed by atoms with Gasteiger partial charge in [0.1, 0.15) is 0 Å². The van der Waals surface area contributed by atoms with Gasteiger partial charge < -0.3 is 16.4 Å². The summed E-state index contributed by atoms with van der Waals surface area (Å²) >= 11 is 0. The molecule has 26 heavy (non-hydrogen) atoms. The number of likely N-dealkylation sites (tertiary alicyclic amines) is 1. The van der Waals surface area contributed by atoms with Crippen LogP contribution in [0.15, 0.2) is 24.3 Å². The van der Waals surface area contributed by atoms with E-state index in [1.54, 1.807) is 0 Å². The molecule has 8 heteroatoms. The van der Waals surface area contributed by atoms with Crippen molar-refractivity contribution in [1.82, 2.24) is 10.2 Å². The standard InChI is InChI=1S/C18H26N4O2.2ClH/c19-17(23)15-2-1-9-22(12-15)11-13-3-5-16(6-4-13)21-18(24)14-7-8-20-10-14;;/h3-6,14-15,20H,1-2,7-12H2,(H2,19,23)(H,21,24);2*1H. The number of carbonyl (C=O) groups excluding carboxylic acids is 2. The molecule has 2 heterocycles. The number of rotatable bonds is 5. The maximum atomic E-state index is 12.1. The molecule has 0 aromatic heterocycles.